The smallest absolute Gasteiger partial charge is 0.320 e. The summed E-state index contributed by atoms with van der Waals surface area (Å²) in [5, 5.41) is -0.686. The average molecular weight is 339 g/mol. The molecule has 0 unspecified atom stereocenters. The Morgan fingerprint density at radius 2 is 1.65 bits per heavy atom. The van der Waals surface area contributed by atoms with Crippen LogP contribution in [0.3, 0.4) is 0 Å². The second-order valence-corrected chi connectivity index (χ2v) is 6.89. The minimum atomic E-state index is -1.28. The quantitative estimate of drug-likeness (QED) is 0.461. The van der Waals surface area contributed by atoms with E-state index in [2.05, 4.69) is 12.1 Å². The minimum absolute atomic E-state index is 0.132. The Hall–Kier alpha value is -1.55. The van der Waals surface area contributed by atoms with Gasteiger partial charge in [-0.25, -0.2) is 0 Å². The summed E-state index contributed by atoms with van der Waals surface area (Å²) >= 11 is 5.46. The molecule has 0 bridgehead atoms. The monoisotopic (exact) mass is 338 g/mol. The Labute approximate surface area is 142 Å². The zero-order valence-electron chi connectivity index (χ0n) is 13.8. The van der Waals surface area contributed by atoms with Crippen LogP contribution in [0.25, 0.3) is 0 Å². The van der Waals surface area contributed by atoms with Crippen molar-refractivity contribution in [2.75, 3.05) is 7.11 Å². The van der Waals surface area contributed by atoms with Crippen LogP contribution >= 0.6 is 11.6 Å². The predicted octanol–water partition coefficient (Wildman–Crippen LogP) is 4.06. The van der Waals surface area contributed by atoms with E-state index in [1.165, 1.54) is 19.4 Å². The van der Waals surface area contributed by atoms with Crippen LogP contribution in [0.1, 0.15) is 51.0 Å². The van der Waals surface area contributed by atoms with Crippen molar-refractivity contribution in [1.82, 2.24) is 0 Å². The lowest BCUT2D eigenvalue weighted by atomic mass is 9.82. The third kappa shape index (κ3) is 4.25. The van der Waals surface area contributed by atoms with Crippen molar-refractivity contribution >= 4 is 22.8 Å². The second kappa shape index (κ2) is 7.35. The molecule has 0 radical (unpaired) electrons. The van der Waals surface area contributed by atoms with E-state index in [9.17, 15) is 9.59 Å². The van der Waals surface area contributed by atoms with Gasteiger partial charge in [-0.15, -0.1) is 0 Å². The second-order valence-electron chi connectivity index (χ2n) is 6.55. The van der Waals surface area contributed by atoms with Crippen molar-refractivity contribution < 1.29 is 19.1 Å². The Balaban J connectivity index is 1.88. The molecule has 0 spiro atoms. The molecule has 1 fully saturated rings. The normalized spacial score (nSPS) is 21.6. The SMILES string of the molecule is COc1ccc(C2CCC(OC(=O)C(C)(C)C(=O)Cl)CC2)cc1. The predicted molar refractivity (Wildman–Crippen MR) is 88.7 cm³/mol. The van der Waals surface area contributed by atoms with Gasteiger partial charge in [-0.1, -0.05) is 12.1 Å². The van der Waals surface area contributed by atoms with E-state index in [0.29, 0.717) is 5.92 Å². The van der Waals surface area contributed by atoms with Crippen molar-refractivity contribution in [1.29, 1.82) is 0 Å². The Morgan fingerprint density at radius 1 is 1.09 bits per heavy atom. The maximum atomic E-state index is 12.1. The van der Waals surface area contributed by atoms with Crippen LogP contribution in [0.5, 0.6) is 5.75 Å². The molecule has 5 heteroatoms. The van der Waals surface area contributed by atoms with Gasteiger partial charge in [0.1, 0.15) is 17.3 Å². The van der Waals surface area contributed by atoms with Gasteiger partial charge >= 0.3 is 5.97 Å². The molecule has 4 nitrogen and oxygen atoms in total. The molecule has 1 aromatic carbocycles. The van der Waals surface area contributed by atoms with E-state index in [1.54, 1.807) is 7.11 Å². The van der Waals surface area contributed by atoms with Gasteiger partial charge in [0.15, 0.2) is 0 Å². The molecule has 0 aliphatic heterocycles. The summed E-state index contributed by atoms with van der Waals surface area (Å²) in [5.41, 5.74) is 0.000768. The lowest BCUT2D eigenvalue weighted by Gasteiger charge is -2.30. The zero-order chi connectivity index (χ0) is 17.0. The van der Waals surface area contributed by atoms with E-state index in [4.69, 9.17) is 21.1 Å². The first-order valence-electron chi connectivity index (χ1n) is 7.89. The number of ether oxygens (including phenoxy) is 2. The lowest BCUT2D eigenvalue weighted by molar-refractivity contribution is -0.162. The Bertz CT molecular complexity index is 557. The highest BCUT2D eigenvalue weighted by Crippen LogP contribution is 2.35. The molecule has 1 aliphatic carbocycles. The van der Waals surface area contributed by atoms with Crippen molar-refractivity contribution in [2.24, 2.45) is 5.41 Å². The molecule has 0 saturated heterocycles. The van der Waals surface area contributed by atoms with Gasteiger partial charge in [-0.3, -0.25) is 9.59 Å². The highest BCUT2D eigenvalue weighted by molar-refractivity contribution is 6.66. The minimum Gasteiger partial charge on any atom is -0.497 e. The summed E-state index contributed by atoms with van der Waals surface area (Å²) in [6.07, 6.45) is 3.38. The Morgan fingerprint density at radius 3 is 2.13 bits per heavy atom. The molecule has 0 heterocycles. The van der Waals surface area contributed by atoms with Gasteiger partial charge in [0, 0.05) is 0 Å². The first-order chi connectivity index (χ1) is 10.8. The Kier molecular flexibility index (Phi) is 5.69. The lowest BCUT2D eigenvalue weighted by Crippen LogP contribution is -2.36. The first kappa shape index (κ1) is 17.8. The van der Waals surface area contributed by atoms with Crippen molar-refractivity contribution in [3.8, 4) is 5.75 Å². The number of carbonyl (C=O) groups excluding carboxylic acids is 2. The summed E-state index contributed by atoms with van der Waals surface area (Å²) in [6.45, 7) is 2.99. The number of rotatable bonds is 5. The third-order valence-electron chi connectivity index (χ3n) is 4.54. The van der Waals surface area contributed by atoms with Gasteiger partial charge in [-0.2, -0.15) is 0 Å². The molecule has 0 aromatic heterocycles. The largest absolute Gasteiger partial charge is 0.497 e. The molecule has 1 aromatic rings. The van der Waals surface area contributed by atoms with Crippen molar-refractivity contribution in [3.05, 3.63) is 29.8 Å². The maximum absolute atomic E-state index is 12.1. The zero-order valence-corrected chi connectivity index (χ0v) is 14.6. The average Bonchev–Trinajstić information content (AvgIpc) is 2.55. The number of halogens is 1. The van der Waals surface area contributed by atoms with E-state index in [-0.39, 0.29) is 6.10 Å². The van der Waals surface area contributed by atoms with Crippen LogP contribution in [-0.2, 0) is 14.3 Å². The van der Waals surface area contributed by atoms with E-state index >= 15 is 0 Å². The summed E-state index contributed by atoms with van der Waals surface area (Å²) in [6, 6.07) is 8.11. The molecule has 0 N–H and O–H groups in total. The molecular formula is C18H23ClO4. The van der Waals surface area contributed by atoms with Gasteiger partial charge in [-0.05, 0) is 74.7 Å². The van der Waals surface area contributed by atoms with E-state index in [1.807, 2.05) is 12.1 Å². The topological polar surface area (TPSA) is 52.6 Å². The standard InChI is InChI=1S/C18H23ClO4/c1-18(2,16(19)20)17(21)23-15-10-6-13(7-11-15)12-4-8-14(22-3)9-5-12/h4-5,8-9,13,15H,6-7,10-11H2,1-3H3. The number of benzene rings is 1. The summed E-state index contributed by atoms with van der Waals surface area (Å²) in [4.78, 5) is 23.3. The number of hydrogen-bond donors (Lipinski definition) is 0. The fraction of sp³-hybridized carbons (Fsp3) is 0.556. The van der Waals surface area contributed by atoms with Crippen LogP contribution in [-0.4, -0.2) is 24.4 Å². The molecule has 0 atom stereocenters. The van der Waals surface area contributed by atoms with Crippen molar-refractivity contribution in [2.45, 2.75) is 51.6 Å². The van der Waals surface area contributed by atoms with Gasteiger partial charge in [0.25, 0.3) is 0 Å². The summed E-state index contributed by atoms with van der Waals surface area (Å²) < 4.78 is 10.6. The fourth-order valence-corrected chi connectivity index (χ4v) is 2.85. The van der Waals surface area contributed by atoms with Crippen LogP contribution < -0.4 is 4.74 Å². The summed E-state index contributed by atoms with van der Waals surface area (Å²) in [5.74, 6) is 0.785. The van der Waals surface area contributed by atoms with Crippen LogP contribution in [0.2, 0.25) is 0 Å². The first-order valence-corrected chi connectivity index (χ1v) is 8.27. The third-order valence-corrected chi connectivity index (χ3v) is 5.01. The maximum Gasteiger partial charge on any atom is 0.320 e. The molecule has 126 valence electrons. The number of hydrogen-bond acceptors (Lipinski definition) is 4. The van der Waals surface area contributed by atoms with Crippen molar-refractivity contribution in [3.63, 3.8) is 0 Å². The van der Waals surface area contributed by atoms with E-state index in [0.717, 1.165) is 31.4 Å². The van der Waals surface area contributed by atoms with Crippen LogP contribution in [0.15, 0.2) is 24.3 Å². The summed E-state index contributed by atoms with van der Waals surface area (Å²) in [7, 11) is 1.65. The highest BCUT2D eigenvalue weighted by Gasteiger charge is 2.38. The fourth-order valence-electron chi connectivity index (χ4n) is 2.77. The molecule has 1 aliphatic rings. The molecule has 0 amide bonds. The van der Waals surface area contributed by atoms with Crippen LogP contribution in [0.4, 0.5) is 0 Å². The molecular weight excluding hydrogens is 316 g/mol. The number of carbonyl (C=O) groups is 2. The van der Waals surface area contributed by atoms with Crippen LogP contribution in [0, 0.1) is 5.41 Å². The van der Waals surface area contributed by atoms with E-state index < -0.39 is 16.6 Å². The van der Waals surface area contributed by atoms with Gasteiger partial charge in [0.2, 0.25) is 5.24 Å². The van der Waals surface area contributed by atoms with Gasteiger partial charge in [0.05, 0.1) is 7.11 Å². The molecule has 2 rings (SSSR count). The molecule has 1 saturated carbocycles. The number of methoxy groups -OCH3 is 1. The number of esters is 1. The molecule has 23 heavy (non-hydrogen) atoms. The van der Waals surface area contributed by atoms with Gasteiger partial charge < -0.3 is 9.47 Å². The highest BCUT2D eigenvalue weighted by atomic mass is 35.5.